The van der Waals surface area contributed by atoms with Gasteiger partial charge in [0, 0.05) is 66.4 Å². The molecule has 6 saturated heterocycles. The summed E-state index contributed by atoms with van der Waals surface area (Å²) in [6, 6.07) is 12.8. The van der Waals surface area contributed by atoms with Crippen LogP contribution in [0.15, 0.2) is 48.5 Å². The summed E-state index contributed by atoms with van der Waals surface area (Å²) in [7, 11) is -2.15. The first kappa shape index (κ1) is 93.3. The zero-order chi connectivity index (χ0) is 79.1. The highest BCUT2D eigenvalue weighted by molar-refractivity contribution is 7.64. The van der Waals surface area contributed by atoms with Crippen molar-refractivity contribution in [1.82, 2.24) is 15.7 Å². The molecule has 10 aliphatic rings. The Morgan fingerprint density at radius 1 is 0.554 bits per heavy atom. The highest BCUT2D eigenvalue weighted by Gasteiger charge is 2.59. The number of rotatable bonds is 18. The summed E-state index contributed by atoms with van der Waals surface area (Å²) in [5, 5.41) is 71.8. The van der Waals surface area contributed by atoms with E-state index in [9.17, 15) is 73.6 Å². The predicted octanol–water partition coefficient (Wildman–Crippen LogP) is 2.82. The van der Waals surface area contributed by atoms with Crippen LogP contribution in [0.25, 0.3) is 0 Å². The molecule has 39 heteroatoms. The van der Waals surface area contributed by atoms with Gasteiger partial charge < -0.3 is 137 Å². The van der Waals surface area contributed by atoms with Gasteiger partial charge in [-0.15, -0.1) is 18.5 Å². The van der Waals surface area contributed by atoms with Gasteiger partial charge in [-0.25, -0.2) is 5.09 Å². The van der Waals surface area contributed by atoms with Crippen LogP contribution in [0.1, 0.15) is 136 Å². The van der Waals surface area contributed by atoms with Crippen LogP contribution in [0.4, 0.5) is 0 Å². The second kappa shape index (κ2) is 41.8. The molecule has 4 aromatic rings. The molecule has 8 heterocycles. The second-order valence-corrected chi connectivity index (χ2v) is 29.4. The molecule has 14 N–H and O–H groups in total. The lowest BCUT2D eigenvalue weighted by Crippen LogP contribution is -2.63. The molecule has 0 radical (unpaired) electrons. The summed E-state index contributed by atoms with van der Waals surface area (Å²) < 4.78 is 131. The number of aliphatic hydroxyl groups excluding tert-OH is 6. The lowest BCUT2D eigenvalue weighted by Gasteiger charge is -2.47. The van der Waals surface area contributed by atoms with E-state index in [4.69, 9.17) is 84.3 Å². The molecule has 112 heavy (non-hydrogen) atoms. The van der Waals surface area contributed by atoms with Crippen LogP contribution >= 0.6 is 33.6 Å². The van der Waals surface area contributed by atoms with Crippen molar-refractivity contribution in [2.75, 3.05) is 93.7 Å². The van der Waals surface area contributed by atoms with Crippen LogP contribution in [0.2, 0.25) is 0 Å². The van der Waals surface area contributed by atoms with Gasteiger partial charge in [-0.1, -0.05) is 62.5 Å². The summed E-state index contributed by atoms with van der Waals surface area (Å²) in [6.45, 7) is 6.79. The zero-order valence-corrected chi connectivity index (χ0v) is 63.3. The van der Waals surface area contributed by atoms with Crippen LogP contribution in [-0.4, -0.2) is 237 Å². The number of esters is 2. The summed E-state index contributed by atoms with van der Waals surface area (Å²) in [6.07, 6.45) is -14.5. The van der Waals surface area contributed by atoms with Gasteiger partial charge in [-0.2, -0.15) is 0 Å². The molecule has 0 saturated carbocycles. The van der Waals surface area contributed by atoms with Gasteiger partial charge in [0.2, 0.25) is 25.4 Å². The number of hydrogen-bond acceptors (Lipinski definition) is 29. The average Bonchev–Trinajstić information content (AvgIpc) is 1.46. The summed E-state index contributed by atoms with van der Waals surface area (Å²) in [5.74, 6) is -4.42. The molecule has 2 aliphatic carbocycles. The Hall–Kier alpha value is -5.88. The Labute approximate surface area is 659 Å². The Morgan fingerprint density at radius 3 is 1.29 bits per heavy atom. The summed E-state index contributed by atoms with van der Waals surface area (Å²) in [5.41, 5.74) is 8.25. The summed E-state index contributed by atoms with van der Waals surface area (Å²) in [4.78, 5) is 79.5. The average molecular weight is 1670 g/mol. The first-order valence-electron chi connectivity index (χ1n) is 35.5. The van der Waals surface area contributed by atoms with Gasteiger partial charge in [-0.05, 0) is 94.8 Å². The molecule has 4 aromatic carbocycles. The van der Waals surface area contributed by atoms with E-state index in [1.54, 1.807) is 50.2 Å². The molecule has 15 unspecified atom stereocenters. The minimum atomic E-state index is -4.86. The Bertz CT molecular complexity index is 3930. The van der Waals surface area contributed by atoms with Crippen molar-refractivity contribution in [3.8, 4) is 34.5 Å². The standard InChI is InChI=1S/C33H41N2O15P.C29H33O15P.C4H10N2O.2CH5P.5CH4/c1-14(37)34-4-5-35-51(41,42)31-17(10-36)6-16(7-23(31)43-3)25-18-8-21-22(47-13-46-21)9-19(18)29(20-11-45-32(40)26(20)25)50-33-28(39)27(38)30-24(49-33)12-44-15(2)48-30;1-11-38-9-20-26(42-11)23(31)24(32)29(43-20)44-25-15-6-18-17(40-10-41-18)5-14(15)21(22-16(25)8-39-28(22)33)12-3-13(7-30)27(45(34,35)36)19(4-12)37-2;1-4(7)6-3-2-5;2*1-2;;;;;/h6-9,15,20,24-30,33,36,38-39H,4-5,10-13H2,1-3H3,(H,34,37)(H2,35,41,42);3-6,11,16,20-26,29-32H,7-10H2,1-2H3,(H2,34,35,36);2-3,5H2,1H3,(H,6,7);2*2H2,1H3;5*1H4/t15?,20-,24?,25+,26-,27?,28?,29+,30?,33?;11?,16-,20?,21+,22-,23?,24?,25+,26?,29?;;;;;;;;/m00......../s1/i;;;2*1D;;;;;. The van der Waals surface area contributed by atoms with Gasteiger partial charge >= 0.3 is 27.1 Å². The van der Waals surface area contributed by atoms with E-state index in [1.165, 1.54) is 40.2 Å². The van der Waals surface area contributed by atoms with Crippen LogP contribution in [-0.2, 0) is 88.9 Å². The number of cyclic esters (lactones) is 2. The van der Waals surface area contributed by atoms with Gasteiger partial charge in [-0.3, -0.25) is 28.3 Å². The topological polar surface area (TPSA) is 494 Å². The van der Waals surface area contributed by atoms with Gasteiger partial charge in [0.05, 0.1) is 83.2 Å². The highest BCUT2D eigenvalue weighted by atomic mass is 31.2. The fourth-order valence-electron chi connectivity index (χ4n) is 15.0. The molecule has 8 aliphatic heterocycles. The molecule has 14 rings (SSSR count). The first-order chi connectivity index (χ1) is 52.0. The molecule has 632 valence electrons. The molecule has 0 bridgehead atoms. The van der Waals surface area contributed by atoms with E-state index in [0.717, 1.165) is 0 Å². The molecule has 6 fully saturated rings. The minimum Gasteiger partial charge on any atom is -0.496 e. The fraction of sp³-hybridized carbons (Fsp3) is 0.616. The quantitative estimate of drug-likeness (QED) is 0.0387. The van der Waals surface area contributed by atoms with Crippen LogP contribution < -0.4 is 60.5 Å². The maximum atomic E-state index is 13.6. The molecule has 35 nitrogen and oxygen atoms in total. The predicted molar refractivity (Wildman–Crippen MR) is 413 cm³/mol. The molecule has 2 amide bonds. The molecule has 0 spiro atoms. The van der Waals surface area contributed by atoms with Gasteiger partial charge in [0.25, 0.3) is 0 Å². The first-order valence-corrected chi connectivity index (χ1v) is 39.0. The number of methoxy groups -OCH3 is 2. The maximum absolute atomic E-state index is 13.6. The number of fused-ring (bicyclic) bond motifs is 8. The number of amides is 2. The van der Waals surface area contributed by atoms with Crippen LogP contribution in [0, 0.1) is 23.7 Å². The number of hydrogen-bond donors (Lipinski definition) is 13. The Balaban J connectivity index is 0.000000341. The number of carbonyl (C=O) groups is 4. The Kier molecular flexibility index (Phi) is 34.8. The van der Waals surface area contributed by atoms with E-state index in [2.05, 4.69) is 34.2 Å². The molecular weight excluding hydrogens is 1550 g/mol. The third-order valence-electron chi connectivity index (χ3n) is 19.6. The molecule has 23 atom stereocenters. The van der Waals surface area contributed by atoms with Crippen molar-refractivity contribution in [2.45, 2.75) is 176 Å². The van der Waals surface area contributed by atoms with Crippen LogP contribution in [0.3, 0.4) is 0 Å². The normalized spacial score (nSPS) is 30.2. The van der Waals surface area contributed by atoms with Gasteiger partial charge in [0.15, 0.2) is 48.2 Å². The highest BCUT2D eigenvalue weighted by Crippen LogP contribution is 2.59. The van der Waals surface area contributed by atoms with Gasteiger partial charge in [0.1, 0.15) is 65.6 Å². The monoisotopic (exact) mass is 1670 g/mol. The van der Waals surface area contributed by atoms with Crippen molar-refractivity contribution < 1.29 is 152 Å². The van der Waals surface area contributed by atoms with Crippen molar-refractivity contribution >= 4 is 68.0 Å². The van der Waals surface area contributed by atoms with Crippen molar-refractivity contribution in [3.05, 3.63) is 93.0 Å². The molecule has 0 aromatic heterocycles. The zero-order valence-electron chi connectivity index (χ0n) is 61.2. The number of nitrogens with one attached hydrogen (secondary N) is 3. The smallest absolute Gasteiger partial charge is 0.360 e. The third kappa shape index (κ3) is 20.2. The number of nitrogens with two attached hydrogens (primary N) is 1. The van der Waals surface area contributed by atoms with Crippen molar-refractivity contribution in [3.63, 3.8) is 0 Å². The number of aliphatic hydroxyl groups is 6. The SMILES string of the molecule is C.C.C.C.C.CC(=O)NCCN.COc1cc([C@@H]2c3cc4c(cc3[C@@H](OC3OC5COC(C)OC5C(O)C3O)[C@H]3COC(=O)[C@H]23)OCO4)cc(CO)c1P(=O)(O)NCCNC(C)=O.COc1cc([C@@H]2c3cc4c(cc3[C@@H](OC3OC5COC(C)OC5C(O)C3O)[C@H]3COC(=O)[C@H]23)OCO4)cc(CO)c1P(=O)(O)O.[2H]CP.[2H]CP. The minimum absolute atomic E-state index is 0. The number of ether oxygens (including phenoxy) is 16. The van der Waals surface area contributed by atoms with E-state index >= 15 is 0 Å². The number of benzene rings is 4. The summed E-state index contributed by atoms with van der Waals surface area (Å²) >= 11 is 0. The largest absolute Gasteiger partial charge is 0.496 e. The van der Waals surface area contributed by atoms with E-state index in [1.807, 2.05) is 0 Å². The van der Waals surface area contributed by atoms with Crippen molar-refractivity contribution in [1.29, 1.82) is 0 Å². The maximum Gasteiger partial charge on any atom is 0.360 e. The number of carbonyl (C=O) groups excluding carboxylic acids is 4. The van der Waals surface area contributed by atoms with E-state index in [-0.39, 0.29) is 130 Å². The van der Waals surface area contributed by atoms with E-state index < -0.39 is 167 Å². The second-order valence-electron chi connectivity index (χ2n) is 26.0. The van der Waals surface area contributed by atoms with E-state index in [0.29, 0.717) is 82.8 Å². The third-order valence-corrected chi connectivity index (χ3v) is 22.4. The Morgan fingerprint density at radius 2 is 0.929 bits per heavy atom. The van der Waals surface area contributed by atoms with Crippen molar-refractivity contribution in [2.24, 2.45) is 29.4 Å². The lowest BCUT2D eigenvalue weighted by molar-refractivity contribution is -0.364. The van der Waals surface area contributed by atoms with Crippen LogP contribution in [0.5, 0.6) is 34.5 Å². The fourth-order valence-corrected chi connectivity index (χ4v) is 17.5. The molecular formula is C73H114N4O31P4. The lowest BCUT2D eigenvalue weighted by atomic mass is 9.66.